The normalized spacial score (nSPS) is 17.1. The Kier molecular flexibility index (Phi) is 4.54. The van der Waals surface area contributed by atoms with E-state index >= 15 is 0 Å². The van der Waals surface area contributed by atoms with Gasteiger partial charge in [-0.3, -0.25) is 19.5 Å². The molecule has 0 saturated heterocycles. The fraction of sp³-hybridized carbons (Fsp3) is 0.412. The van der Waals surface area contributed by atoms with E-state index in [4.69, 9.17) is 0 Å². The minimum atomic E-state index is -0.797. The van der Waals surface area contributed by atoms with Crippen molar-refractivity contribution in [1.82, 2.24) is 9.55 Å². The number of aryl methyl sites for hydroxylation is 1. The Morgan fingerprint density at radius 2 is 2.12 bits per heavy atom. The summed E-state index contributed by atoms with van der Waals surface area (Å²) in [5.74, 6) is 0.452. The molecule has 0 fully saturated rings. The third kappa shape index (κ3) is 3.00. The van der Waals surface area contributed by atoms with Crippen molar-refractivity contribution in [3.05, 3.63) is 61.7 Å². The number of anilines is 1. The van der Waals surface area contributed by atoms with Gasteiger partial charge in [0.1, 0.15) is 5.82 Å². The number of hydrogen-bond donors (Lipinski definition) is 1. The van der Waals surface area contributed by atoms with Gasteiger partial charge in [0, 0.05) is 19.6 Å². The van der Waals surface area contributed by atoms with Crippen LogP contribution in [-0.2, 0) is 13.0 Å². The number of hydrogen-bond acceptors (Lipinski definition) is 6. The number of nitro groups is 1. The molecule has 1 aromatic heterocycles. The van der Waals surface area contributed by atoms with Gasteiger partial charge in [0.15, 0.2) is 0 Å². The maximum atomic E-state index is 12.5. The maximum absolute atomic E-state index is 12.5. The Morgan fingerprint density at radius 1 is 1.40 bits per heavy atom. The topological polar surface area (TPSA) is 102 Å². The fourth-order valence-corrected chi connectivity index (χ4v) is 3.32. The second-order valence-electron chi connectivity index (χ2n) is 6.05. The zero-order chi connectivity index (χ0) is 18.1. The molecule has 1 unspecified atom stereocenters. The number of fused-ring (bicyclic) bond motifs is 1. The molecule has 0 aliphatic carbocycles. The van der Waals surface area contributed by atoms with Crippen LogP contribution in [0.3, 0.4) is 0 Å². The number of aromatic nitrogens is 2. The molecule has 25 heavy (non-hydrogen) atoms. The lowest BCUT2D eigenvalue weighted by molar-refractivity contribution is -0.386. The third-order valence-electron chi connectivity index (χ3n) is 4.57. The first kappa shape index (κ1) is 17.1. The van der Waals surface area contributed by atoms with E-state index in [9.17, 15) is 20.0 Å². The van der Waals surface area contributed by atoms with Crippen LogP contribution in [-0.4, -0.2) is 32.7 Å². The van der Waals surface area contributed by atoms with Gasteiger partial charge in [-0.05, 0) is 31.4 Å². The Hall–Kier alpha value is -2.74. The first-order valence-electron chi connectivity index (χ1n) is 8.20. The Labute approximate surface area is 144 Å². The molecule has 8 heteroatoms. The molecule has 1 atom stereocenters. The first-order chi connectivity index (χ1) is 11.9. The molecule has 2 heterocycles. The van der Waals surface area contributed by atoms with Gasteiger partial charge in [0.05, 0.1) is 11.0 Å². The molecule has 0 bridgehead atoms. The molecule has 2 aromatic rings. The van der Waals surface area contributed by atoms with E-state index in [2.05, 4.69) is 4.98 Å². The lowest BCUT2D eigenvalue weighted by atomic mass is 10.0. The van der Waals surface area contributed by atoms with Crippen LogP contribution in [0.15, 0.2) is 29.1 Å². The SMILES string of the molecule is CCn1c(C)nc(N2CCc3ccccc3C(O)C2)c([N+](=O)[O-])c1=O. The van der Waals surface area contributed by atoms with E-state index < -0.39 is 22.3 Å². The number of benzene rings is 1. The van der Waals surface area contributed by atoms with E-state index in [1.807, 2.05) is 24.3 Å². The highest BCUT2D eigenvalue weighted by molar-refractivity contribution is 5.57. The average molecular weight is 344 g/mol. The number of β-amino-alcohol motifs (C(OH)–C–C–N with tert-alkyl or cyclic N) is 1. The molecular formula is C17H20N4O4. The minimum Gasteiger partial charge on any atom is -0.387 e. The minimum absolute atomic E-state index is 0.0315. The molecular weight excluding hydrogens is 324 g/mol. The molecule has 132 valence electrons. The first-order valence-corrected chi connectivity index (χ1v) is 8.20. The van der Waals surface area contributed by atoms with Crippen LogP contribution in [0.4, 0.5) is 11.5 Å². The van der Waals surface area contributed by atoms with Crippen molar-refractivity contribution < 1.29 is 10.0 Å². The largest absolute Gasteiger partial charge is 0.387 e. The van der Waals surface area contributed by atoms with Gasteiger partial charge in [-0.25, -0.2) is 4.98 Å². The van der Waals surface area contributed by atoms with Crippen molar-refractivity contribution in [2.24, 2.45) is 0 Å². The molecule has 0 amide bonds. The Balaban J connectivity index is 2.08. The quantitative estimate of drug-likeness (QED) is 0.670. The molecule has 1 aliphatic rings. The summed E-state index contributed by atoms with van der Waals surface area (Å²) in [4.78, 5) is 29.3. The van der Waals surface area contributed by atoms with Crippen LogP contribution in [0, 0.1) is 17.0 Å². The van der Waals surface area contributed by atoms with Gasteiger partial charge in [-0.1, -0.05) is 24.3 Å². The maximum Gasteiger partial charge on any atom is 0.376 e. The predicted molar refractivity (Wildman–Crippen MR) is 92.9 cm³/mol. The highest BCUT2D eigenvalue weighted by Crippen LogP contribution is 2.29. The van der Waals surface area contributed by atoms with E-state index in [-0.39, 0.29) is 12.4 Å². The molecule has 3 rings (SSSR count). The summed E-state index contributed by atoms with van der Waals surface area (Å²) >= 11 is 0. The summed E-state index contributed by atoms with van der Waals surface area (Å²) < 4.78 is 1.28. The van der Waals surface area contributed by atoms with Crippen LogP contribution in [0.1, 0.15) is 30.0 Å². The highest BCUT2D eigenvalue weighted by atomic mass is 16.6. The average Bonchev–Trinajstić information content (AvgIpc) is 2.74. The lowest BCUT2D eigenvalue weighted by Crippen LogP contribution is -2.34. The standard InChI is InChI=1S/C17H20N4O4/c1-3-20-11(2)18-16(15(17(20)23)21(24)25)19-9-8-12-6-4-5-7-13(12)14(22)10-19/h4-7,14,22H,3,8-10H2,1-2H3. The number of aliphatic hydroxyl groups excluding tert-OH is 1. The van der Waals surface area contributed by atoms with Gasteiger partial charge in [-0.15, -0.1) is 0 Å². The van der Waals surface area contributed by atoms with Gasteiger partial charge >= 0.3 is 11.2 Å². The zero-order valence-electron chi connectivity index (χ0n) is 14.2. The monoisotopic (exact) mass is 344 g/mol. The van der Waals surface area contributed by atoms with E-state index in [0.29, 0.717) is 25.3 Å². The van der Waals surface area contributed by atoms with Crippen LogP contribution in [0.2, 0.25) is 0 Å². The van der Waals surface area contributed by atoms with Gasteiger partial charge in [0.2, 0.25) is 5.82 Å². The summed E-state index contributed by atoms with van der Waals surface area (Å²) in [6.45, 7) is 4.30. The second-order valence-corrected chi connectivity index (χ2v) is 6.05. The van der Waals surface area contributed by atoms with Gasteiger partial charge in [0.25, 0.3) is 0 Å². The Bertz CT molecular complexity index is 877. The second kappa shape index (κ2) is 6.64. The van der Waals surface area contributed by atoms with E-state index in [0.717, 1.165) is 11.1 Å². The molecule has 1 aromatic carbocycles. The predicted octanol–water partition coefficient (Wildman–Crippen LogP) is 1.58. The van der Waals surface area contributed by atoms with Crippen LogP contribution < -0.4 is 10.5 Å². The molecule has 0 saturated carbocycles. The van der Waals surface area contributed by atoms with Gasteiger partial charge < -0.3 is 10.0 Å². The van der Waals surface area contributed by atoms with Crippen molar-refractivity contribution in [2.45, 2.75) is 32.9 Å². The fourth-order valence-electron chi connectivity index (χ4n) is 3.32. The molecule has 0 spiro atoms. The number of rotatable bonds is 3. The van der Waals surface area contributed by atoms with Crippen LogP contribution in [0.25, 0.3) is 0 Å². The van der Waals surface area contributed by atoms with Crippen molar-refractivity contribution in [3.63, 3.8) is 0 Å². The lowest BCUT2D eigenvalue weighted by Gasteiger charge is -2.24. The van der Waals surface area contributed by atoms with Crippen molar-refractivity contribution >= 4 is 11.5 Å². The van der Waals surface area contributed by atoms with Crippen LogP contribution >= 0.6 is 0 Å². The van der Waals surface area contributed by atoms with Crippen molar-refractivity contribution in [1.29, 1.82) is 0 Å². The molecule has 1 aliphatic heterocycles. The Morgan fingerprint density at radius 3 is 2.80 bits per heavy atom. The number of aliphatic hydroxyl groups is 1. The highest BCUT2D eigenvalue weighted by Gasteiger charge is 2.31. The summed E-state index contributed by atoms with van der Waals surface area (Å²) in [6, 6.07) is 7.54. The third-order valence-corrected chi connectivity index (χ3v) is 4.57. The summed E-state index contributed by atoms with van der Waals surface area (Å²) in [5, 5.41) is 22.0. The zero-order valence-corrected chi connectivity index (χ0v) is 14.2. The van der Waals surface area contributed by atoms with Gasteiger partial charge in [-0.2, -0.15) is 0 Å². The summed E-state index contributed by atoms with van der Waals surface area (Å²) in [5.41, 5.74) is 0.613. The summed E-state index contributed by atoms with van der Waals surface area (Å²) in [6.07, 6.45) is -0.184. The number of nitrogens with zero attached hydrogens (tertiary/aromatic N) is 4. The van der Waals surface area contributed by atoms with E-state index in [1.54, 1.807) is 18.7 Å². The van der Waals surface area contributed by atoms with Crippen LogP contribution in [0.5, 0.6) is 0 Å². The smallest absolute Gasteiger partial charge is 0.376 e. The molecule has 8 nitrogen and oxygen atoms in total. The van der Waals surface area contributed by atoms with Crippen molar-refractivity contribution in [2.75, 3.05) is 18.0 Å². The summed E-state index contributed by atoms with van der Waals surface area (Å²) in [7, 11) is 0. The molecule has 1 N–H and O–H groups in total. The van der Waals surface area contributed by atoms with Crippen molar-refractivity contribution in [3.8, 4) is 0 Å². The molecule has 0 radical (unpaired) electrons. The van der Waals surface area contributed by atoms with E-state index in [1.165, 1.54) is 4.57 Å².